The van der Waals surface area contributed by atoms with E-state index in [1.165, 1.54) is 11.8 Å². The van der Waals surface area contributed by atoms with Gasteiger partial charge in [-0.2, -0.15) is 4.98 Å². The second-order valence-electron chi connectivity index (χ2n) is 11.1. The molecule has 12 heteroatoms. The van der Waals surface area contributed by atoms with Gasteiger partial charge in [-0.1, -0.05) is 18.2 Å². The molecule has 1 saturated heterocycles. The van der Waals surface area contributed by atoms with Crippen molar-refractivity contribution in [2.24, 2.45) is 5.73 Å². The van der Waals surface area contributed by atoms with E-state index in [4.69, 9.17) is 15.2 Å². The van der Waals surface area contributed by atoms with Crippen molar-refractivity contribution < 1.29 is 28.7 Å². The lowest BCUT2D eigenvalue weighted by atomic mass is 10.1. The van der Waals surface area contributed by atoms with Gasteiger partial charge in [0.05, 0.1) is 17.6 Å². The number of ether oxygens (including phenoxy) is 2. The number of hydrogen-bond acceptors (Lipinski definition) is 7. The van der Waals surface area contributed by atoms with E-state index < -0.39 is 41.7 Å². The van der Waals surface area contributed by atoms with E-state index in [2.05, 4.69) is 15.6 Å². The van der Waals surface area contributed by atoms with Crippen molar-refractivity contribution in [3.63, 3.8) is 0 Å². The number of nitrogens with two attached hydrogens (primary N) is 1. The molecule has 3 atom stereocenters. The highest BCUT2D eigenvalue weighted by molar-refractivity contribution is 6.05. The predicted molar refractivity (Wildman–Crippen MR) is 150 cm³/mol. The molecule has 1 fully saturated rings. The summed E-state index contributed by atoms with van der Waals surface area (Å²) in [5, 5.41) is 5.36. The summed E-state index contributed by atoms with van der Waals surface area (Å²) in [6.45, 7) is 12.9. The normalized spacial score (nSPS) is 18.2. The summed E-state index contributed by atoms with van der Waals surface area (Å²) in [6, 6.07) is 3.66. The molecule has 1 aromatic heterocycles. The molecule has 0 spiro atoms. The quantitative estimate of drug-likeness (QED) is 0.401. The van der Waals surface area contributed by atoms with Gasteiger partial charge in [-0.25, -0.2) is 4.79 Å². The Morgan fingerprint density at radius 2 is 1.90 bits per heavy atom. The number of para-hydroxylation sites is 1. The zero-order valence-electron chi connectivity index (χ0n) is 24.2. The highest BCUT2D eigenvalue weighted by atomic mass is 16.6. The Hall–Kier alpha value is -4.09. The number of allylic oxidation sites excluding steroid dienone is 1. The molecule has 2 aromatic rings. The van der Waals surface area contributed by atoms with Crippen molar-refractivity contribution in [2.75, 3.05) is 13.1 Å². The molecule has 2 heterocycles. The number of imidazole rings is 1. The molecular formula is C28H40N6O6. The third kappa shape index (κ3) is 7.10. The van der Waals surface area contributed by atoms with Crippen molar-refractivity contribution in [3.8, 4) is 6.01 Å². The molecule has 1 aliphatic rings. The molecule has 40 heavy (non-hydrogen) atoms. The standard InChI is InChI=1S/C28H40N6O6/c1-8-9-13-30-24(36)19-11-10-12-20-22(19)32-26(34(20)16(2)3)39-18-14-21(23(29)35)33(15-18)25(37)17(4)31-27(38)40-28(5,6)7/h8-12,16-18,21H,13-15H2,1-7H3,(H2,29,35)(H,30,36)(H,31,38). The lowest BCUT2D eigenvalue weighted by Gasteiger charge is -2.27. The molecule has 1 aliphatic heterocycles. The molecule has 0 radical (unpaired) electrons. The lowest BCUT2D eigenvalue weighted by Crippen LogP contribution is -2.52. The molecule has 1 aromatic carbocycles. The summed E-state index contributed by atoms with van der Waals surface area (Å²) in [7, 11) is 0. The molecule has 0 saturated carbocycles. The third-order valence-corrected chi connectivity index (χ3v) is 6.31. The van der Waals surface area contributed by atoms with Crippen LogP contribution < -0.4 is 21.1 Å². The number of amides is 4. The summed E-state index contributed by atoms with van der Waals surface area (Å²) in [4.78, 5) is 56.5. The first-order valence-electron chi connectivity index (χ1n) is 13.4. The topological polar surface area (TPSA) is 158 Å². The van der Waals surface area contributed by atoms with E-state index in [0.29, 0.717) is 17.6 Å². The van der Waals surface area contributed by atoms with Crippen LogP contribution in [0.5, 0.6) is 6.01 Å². The number of alkyl carbamates (subject to hydrolysis) is 1. The predicted octanol–water partition coefficient (Wildman–Crippen LogP) is 2.67. The molecular weight excluding hydrogens is 516 g/mol. The summed E-state index contributed by atoms with van der Waals surface area (Å²) in [5.74, 6) is -1.43. The van der Waals surface area contributed by atoms with E-state index >= 15 is 0 Å². The maximum atomic E-state index is 13.2. The van der Waals surface area contributed by atoms with E-state index in [0.717, 1.165) is 5.52 Å². The van der Waals surface area contributed by atoms with Gasteiger partial charge in [-0.15, -0.1) is 0 Å². The van der Waals surface area contributed by atoms with Gasteiger partial charge in [-0.3, -0.25) is 19.0 Å². The lowest BCUT2D eigenvalue weighted by molar-refractivity contribution is -0.138. The van der Waals surface area contributed by atoms with Crippen molar-refractivity contribution in [3.05, 3.63) is 35.9 Å². The van der Waals surface area contributed by atoms with E-state index in [1.54, 1.807) is 32.9 Å². The average Bonchev–Trinajstić information content (AvgIpc) is 3.43. The van der Waals surface area contributed by atoms with Crippen LogP contribution in [0.15, 0.2) is 30.4 Å². The summed E-state index contributed by atoms with van der Waals surface area (Å²) < 4.78 is 13.4. The Balaban J connectivity index is 1.84. The molecule has 12 nitrogen and oxygen atoms in total. The van der Waals surface area contributed by atoms with E-state index in [-0.39, 0.29) is 30.9 Å². The Morgan fingerprint density at radius 1 is 1.20 bits per heavy atom. The summed E-state index contributed by atoms with van der Waals surface area (Å²) in [5.41, 5.74) is 6.52. The number of rotatable bonds is 9. The minimum absolute atomic E-state index is 0.0603. The van der Waals surface area contributed by atoms with Crippen LogP contribution >= 0.6 is 0 Å². The minimum atomic E-state index is -0.959. The first-order chi connectivity index (χ1) is 18.7. The van der Waals surface area contributed by atoms with Crippen molar-refractivity contribution >= 4 is 34.8 Å². The van der Waals surface area contributed by atoms with Gasteiger partial charge in [-0.05, 0) is 60.6 Å². The fourth-order valence-corrected chi connectivity index (χ4v) is 4.57. The van der Waals surface area contributed by atoms with Crippen molar-refractivity contribution in [2.45, 2.75) is 84.7 Å². The molecule has 3 unspecified atom stereocenters. The Morgan fingerprint density at radius 3 is 2.50 bits per heavy atom. The monoisotopic (exact) mass is 556 g/mol. The highest BCUT2D eigenvalue weighted by Gasteiger charge is 2.42. The van der Waals surface area contributed by atoms with Gasteiger partial charge in [0.25, 0.3) is 11.9 Å². The second kappa shape index (κ2) is 12.4. The van der Waals surface area contributed by atoms with Crippen LogP contribution in [0.4, 0.5) is 4.79 Å². The number of fused-ring (bicyclic) bond motifs is 1. The summed E-state index contributed by atoms with van der Waals surface area (Å²) in [6.07, 6.45) is 2.50. The van der Waals surface area contributed by atoms with Gasteiger partial charge >= 0.3 is 6.09 Å². The number of benzene rings is 1. The number of likely N-dealkylation sites (tertiary alicyclic amines) is 1. The molecule has 0 bridgehead atoms. The molecule has 218 valence electrons. The van der Waals surface area contributed by atoms with Gasteiger partial charge in [0.1, 0.15) is 29.3 Å². The second-order valence-corrected chi connectivity index (χ2v) is 11.1. The largest absolute Gasteiger partial charge is 0.459 e. The maximum absolute atomic E-state index is 13.2. The van der Waals surface area contributed by atoms with Gasteiger partial charge in [0.15, 0.2) is 0 Å². The van der Waals surface area contributed by atoms with Crippen molar-refractivity contribution in [1.29, 1.82) is 0 Å². The van der Waals surface area contributed by atoms with E-state index in [9.17, 15) is 19.2 Å². The zero-order valence-corrected chi connectivity index (χ0v) is 24.2. The van der Waals surface area contributed by atoms with Crippen LogP contribution in [0.25, 0.3) is 11.0 Å². The van der Waals surface area contributed by atoms with Crippen LogP contribution in [-0.2, 0) is 14.3 Å². The van der Waals surface area contributed by atoms with Crippen LogP contribution in [0.3, 0.4) is 0 Å². The fourth-order valence-electron chi connectivity index (χ4n) is 4.57. The maximum Gasteiger partial charge on any atom is 0.408 e. The van der Waals surface area contributed by atoms with Crippen LogP contribution in [0, 0.1) is 0 Å². The third-order valence-electron chi connectivity index (χ3n) is 6.31. The van der Waals surface area contributed by atoms with Gasteiger partial charge in [0, 0.05) is 19.0 Å². The van der Waals surface area contributed by atoms with Gasteiger partial charge in [0.2, 0.25) is 11.8 Å². The smallest absolute Gasteiger partial charge is 0.408 e. The Labute approximate surface area is 234 Å². The highest BCUT2D eigenvalue weighted by Crippen LogP contribution is 2.31. The van der Waals surface area contributed by atoms with Crippen LogP contribution in [0.2, 0.25) is 0 Å². The number of nitrogens with one attached hydrogen (secondary N) is 2. The number of hydrogen-bond donors (Lipinski definition) is 3. The fraction of sp³-hybridized carbons (Fsp3) is 0.536. The first-order valence-corrected chi connectivity index (χ1v) is 13.4. The first kappa shape index (κ1) is 30.5. The molecule has 4 amide bonds. The number of aromatic nitrogens is 2. The van der Waals surface area contributed by atoms with Crippen LogP contribution in [0.1, 0.15) is 71.3 Å². The van der Waals surface area contributed by atoms with Crippen LogP contribution in [-0.4, -0.2) is 75.1 Å². The Bertz CT molecular complexity index is 1290. The number of nitrogens with zero attached hydrogens (tertiary/aromatic N) is 3. The molecule has 4 N–H and O–H groups in total. The van der Waals surface area contributed by atoms with E-state index in [1.807, 2.05) is 43.6 Å². The average molecular weight is 557 g/mol. The molecule has 3 rings (SSSR count). The van der Waals surface area contributed by atoms with Crippen molar-refractivity contribution in [1.82, 2.24) is 25.1 Å². The number of carbonyl (C=O) groups excluding carboxylic acids is 4. The minimum Gasteiger partial charge on any atom is -0.459 e. The Kier molecular flexibility index (Phi) is 9.44. The number of carbonyl (C=O) groups is 4. The number of primary amides is 1. The van der Waals surface area contributed by atoms with Gasteiger partial charge < -0.3 is 30.7 Å². The zero-order chi connectivity index (χ0) is 29.8. The summed E-state index contributed by atoms with van der Waals surface area (Å²) >= 11 is 0. The molecule has 0 aliphatic carbocycles. The SMILES string of the molecule is CC=CCNC(=O)c1cccc2c1nc(OC1CC(C(N)=O)N(C(=O)C(C)NC(=O)OC(C)(C)C)C1)n2C(C)C.